The number of nitrogen functional groups attached to an aromatic ring is 1. The van der Waals surface area contributed by atoms with Crippen LogP contribution in [-0.2, 0) is 4.74 Å². The first-order valence-electron chi connectivity index (χ1n) is 5.61. The number of anilines is 1. The Bertz CT molecular complexity index is 587. The van der Waals surface area contributed by atoms with Crippen molar-refractivity contribution >= 4 is 17.0 Å². The van der Waals surface area contributed by atoms with Crippen molar-refractivity contribution in [2.75, 3.05) is 12.3 Å². The molecule has 0 aliphatic carbocycles. The van der Waals surface area contributed by atoms with E-state index in [0.717, 1.165) is 6.42 Å². The molecule has 0 radical (unpaired) electrons. The Morgan fingerprint density at radius 1 is 1.50 bits per heavy atom. The Kier molecular flexibility index (Phi) is 2.60. The van der Waals surface area contributed by atoms with E-state index in [1.165, 1.54) is 6.33 Å². The maximum atomic E-state index is 13.2. The maximum Gasteiger partial charge on any atom is 0.312 e. The number of aromatic nitrogens is 4. The van der Waals surface area contributed by atoms with Crippen LogP contribution in [0.3, 0.4) is 0 Å². The van der Waals surface area contributed by atoms with Gasteiger partial charge in [0.25, 0.3) is 0 Å². The molecule has 0 amide bonds. The minimum absolute atomic E-state index is 0.00737. The van der Waals surface area contributed by atoms with Gasteiger partial charge >= 0.3 is 6.08 Å². The molecule has 3 heterocycles. The van der Waals surface area contributed by atoms with Gasteiger partial charge in [0.1, 0.15) is 6.23 Å². The number of halogens is 1. The van der Waals surface area contributed by atoms with E-state index in [9.17, 15) is 4.39 Å². The van der Waals surface area contributed by atoms with Crippen molar-refractivity contribution in [2.24, 2.45) is 0 Å². The van der Waals surface area contributed by atoms with Crippen LogP contribution in [0.4, 0.5) is 10.2 Å². The molecule has 3 N–H and O–H groups in total. The summed E-state index contributed by atoms with van der Waals surface area (Å²) in [5, 5.41) is 9.03. The van der Waals surface area contributed by atoms with Gasteiger partial charge in [-0.1, -0.05) is 0 Å². The lowest BCUT2D eigenvalue weighted by Gasteiger charge is -2.13. The van der Waals surface area contributed by atoms with Crippen LogP contribution in [0.2, 0.25) is 0 Å². The number of fused-ring (bicyclic) bond motifs is 1. The van der Waals surface area contributed by atoms with Crippen molar-refractivity contribution in [3.8, 4) is 0 Å². The number of rotatable bonds is 2. The van der Waals surface area contributed by atoms with E-state index in [2.05, 4.69) is 15.0 Å². The summed E-state index contributed by atoms with van der Waals surface area (Å²) in [5.74, 6) is 0.00737. The summed E-state index contributed by atoms with van der Waals surface area (Å²) >= 11 is 0. The molecule has 2 atom stereocenters. The summed E-state index contributed by atoms with van der Waals surface area (Å²) in [4.78, 5) is 11.2. The molecule has 7 nitrogen and oxygen atoms in total. The Morgan fingerprint density at radius 3 is 3.06 bits per heavy atom. The highest BCUT2D eigenvalue weighted by molar-refractivity contribution is 5.81. The molecule has 1 saturated heterocycles. The van der Waals surface area contributed by atoms with Crippen molar-refractivity contribution in [1.82, 2.24) is 19.5 Å². The molecule has 2 aromatic rings. The molecule has 1 aliphatic rings. The van der Waals surface area contributed by atoms with Crippen LogP contribution in [0.1, 0.15) is 19.1 Å². The first-order chi connectivity index (χ1) is 8.69. The van der Waals surface area contributed by atoms with E-state index in [0.29, 0.717) is 17.6 Å². The number of imidazole rings is 1. The van der Waals surface area contributed by atoms with Gasteiger partial charge in [-0.25, -0.2) is 4.98 Å². The molecule has 18 heavy (non-hydrogen) atoms. The largest absolute Gasteiger partial charge is 0.394 e. The van der Waals surface area contributed by atoms with Crippen LogP contribution >= 0.6 is 0 Å². The minimum atomic E-state index is -0.890. The van der Waals surface area contributed by atoms with Gasteiger partial charge < -0.3 is 15.6 Å². The number of nitrogens with two attached hydrogens (primary N) is 1. The topological polar surface area (TPSA) is 99.1 Å². The fourth-order valence-electron chi connectivity index (χ4n) is 2.15. The normalized spacial score (nSPS) is 23.9. The molecule has 0 saturated carbocycles. The number of aliphatic hydroxyl groups excluding tert-OH is 1. The third-order valence-electron chi connectivity index (χ3n) is 3.02. The first kappa shape index (κ1) is 11.3. The first-order valence-corrected chi connectivity index (χ1v) is 5.61. The third-order valence-corrected chi connectivity index (χ3v) is 3.02. The average molecular weight is 253 g/mol. The molecule has 96 valence electrons. The second kappa shape index (κ2) is 4.14. The Morgan fingerprint density at radius 2 is 2.33 bits per heavy atom. The van der Waals surface area contributed by atoms with Crippen LogP contribution in [0.25, 0.3) is 11.2 Å². The van der Waals surface area contributed by atoms with Crippen molar-refractivity contribution in [2.45, 2.75) is 25.2 Å². The second-order valence-corrected chi connectivity index (χ2v) is 4.17. The molecule has 8 heteroatoms. The summed E-state index contributed by atoms with van der Waals surface area (Å²) < 4.78 is 20.4. The predicted molar refractivity (Wildman–Crippen MR) is 59.9 cm³/mol. The number of ether oxygens (including phenoxy) is 1. The summed E-state index contributed by atoms with van der Waals surface area (Å²) in [6.07, 6.45) is 1.56. The molecule has 1 unspecified atom stereocenters. The maximum absolute atomic E-state index is 13.2. The zero-order valence-corrected chi connectivity index (χ0v) is 9.45. The molecule has 0 bridgehead atoms. The van der Waals surface area contributed by atoms with Gasteiger partial charge in [-0.2, -0.15) is 14.4 Å². The molecule has 1 fully saturated rings. The van der Waals surface area contributed by atoms with E-state index in [-0.39, 0.29) is 24.8 Å². The third kappa shape index (κ3) is 1.70. The van der Waals surface area contributed by atoms with Gasteiger partial charge in [0.15, 0.2) is 17.0 Å². The monoisotopic (exact) mass is 253 g/mol. The fraction of sp³-hybridized carbons (Fsp3) is 0.500. The van der Waals surface area contributed by atoms with Crippen molar-refractivity contribution in [3.05, 3.63) is 12.4 Å². The molecule has 1 aliphatic heterocycles. The second-order valence-electron chi connectivity index (χ2n) is 4.17. The highest BCUT2D eigenvalue weighted by Gasteiger charge is 2.27. The van der Waals surface area contributed by atoms with E-state index in [4.69, 9.17) is 15.6 Å². The summed E-state index contributed by atoms with van der Waals surface area (Å²) in [7, 11) is 0. The van der Waals surface area contributed by atoms with Crippen molar-refractivity contribution in [1.29, 1.82) is 0 Å². The summed E-state index contributed by atoms with van der Waals surface area (Å²) in [6, 6.07) is 0. The Balaban J connectivity index is 2.03. The van der Waals surface area contributed by atoms with E-state index >= 15 is 0 Å². The quantitative estimate of drug-likeness (QED) is 0.743. The van der Waals surface area contributed by atoms with E-state index < -0.39 is 6.08 Å². The molecular formula is C10H12FN5O2. The van der Waals surface area contributed by atoms with Crippen molar-refractivity contribution in [3.63, 3.8) is 0 Å². The van der Waals surface area contributed by atoms with Crippen LogP contribution in [0.15, 0.2) is 6.33 Å². The lowest BCUT2D eigenvalue weighted by atomic mass is 10.2. The molecule has 2 aromatic heterocycles. The summed E-state index contributed by atoms with van der Waals surface area (Å²) in [5.41, 5.74) is 6.24. The van der Waals surface area contributed by atoms with Gasteiger partial charge in [0, 0.05) is 0 Å². The van der Waals surface area contributed by atoms with Gasteiger partial charge in [-0.15, -0.1) is 0 Å². The van der Waals surface area contributed by atoms with Crippen LogP contribution in [-0.4, -0.2) is 37.3 Å². The molecule has 0 spiro atoms. The number of nitrogens with zero attached hydrogens (tertiary/aromatic N) is 4. The fourth-order valence-corrected chi connectivity index (χ4v) is 2.15. The predicted octanol–water partition coefficient (Wildman–Crippen LogP) is 0.217. The van der Waals surface area contributed by atoms with Gasteiger partial charge in [0.2, 0.25) is 0 Å². The lowest BCUT2D eigenvalue weighted by molar-refractivity contribution is -0.0207. The standard InChI is InChI=1S/C10H12FN5O2/c11-10-14-8(12)7-9(15-10)16(4-13-7)6-2-1-5(3-17)18-6/h4-6,17H,1-3H2,(H2,12,14,15)/t5-,6?/m0/s1. The smallest absolute Gasteiger partial charge is 0.312 e. The molecule has 3 rings (SSSR count). The lowest BCUT2D eigenvalue weighted by Crippen LogP contribution is -2.14. The molecular weight excluding hydrogens is 241 g/mol. The number of hydrogen-bond donors (Lipinski definition) is 2. The van der Waals surface area contributed by atoms with Gasteiger partial charge in [-0.05, 0) is 12.8 Å². The van der Waals surface area contributed by atoms with Crippen LogP contribution < -0.4 is 5.73 Å². The van der Waals surface area contributed by atoms with E-state index in [1.54, 1.807) is 4.57 Å². The number of hydrogen-bond acceptors (Lipinski definition) is 6. The zero-order chi connectivity index (χ0) is 12.7. The Hall–Kier alpha value is -1.80. The highest BCUT2D eigenvalue weighted by Crippen LogP contribution is 2.30. The highest BCUT2D eigenvalue weighted by atomic mass is 19.1. The average Bonchev–Trinajstić information content (AvgIpc) is 2.93. The number of aliphatic hydroxyl groups is 1. The van der Waals surface area contributed by atoms with Gasteiger partial charge in [-0.3, -0.25) is 4.57 Å². The van der Waals surface area contributed by atoms with E-state index in [1.807, 2.05) is 0 Å². The Labute approximate surface area is 101 Å². The summed E-state index contributed by atoms with van der Waals surface area (Å²) in [6.45, 7) is -0.0331. The SMILES string of the molecule is Nc1nc(F)nc2c1ncn2C1CC[C@@H](CO)O1. The van der Waals surface area contributed by atoms with Crippen LogP contribution in [0, 0.1) is 6.08 Å². The molecule has 0 aromatic carbocycles. The van der Waals surface area contributed by atoms with Crippen molar-refractivity contribution < 1.29 is 14.2 Å². The van der Waals surface area contributed by atoms with Crippen LogP contribution in [0.5, 0.6) is 0 Å². The minimum Gasteiger partial charge on any atom is -0.394 e. The van der Waals surface area contributed by atoms with Gasteiger partial charge in [0.05, 0.1) is 19.0 Å². The zero-order valence-electron chi connectivity index (χ0n) is 9.45.